The normalized spacial score (nSPS) is 13.1. The number of likely N-dealkylation sites (N-methyl/N-ethyl adjacent to an activating group) is 1. The number of nitrogens with zero attached hydrogens (tertiary/aromatic N) is 4. The van der Waals surface area contributed by atoms with E-state index in [1.54, 1.807) is 0 Å². The van der Waals surface area contributed by atoms with Gasteiger partial charge in [-0.15, -0.1) is 0 Å². The zero-order valence-electron chi connectivity index (χ0n) is 15.3. The maximum atomic E-state index is 5.93. The molecule has 0 spiro atoms. The molecular weight excluding hydrogens is 336 g/mol. The molecule has 1 aromatic carbocycles. The van der Waals surface area contributed by atoms with Gasteiger partial charge >= 0.3 is 0 Å². The van der Waals surface area contributed by atoms with Crippen LogP contribution in [0.5, 0.6) is 0 Å². The van der Waals surface area contributed by atoms with Crippen LogP contribution in [0.3, 0.4) is 0 Å². The molecule has 7 heteroatoms. The van der Waals surface area contributed by atoms with E-state index in [0.29, 0.717) is 6.54 Å². The van der Waals surface area contributed by atoms with E-state index in [4.69, 9.17) is 11.6 Å². The van der Waals surface area contributed by atoms with Crippen molar-refractivity contribution in [1.82, 2.24) is 25.3 Å². The van der Waals surface area contributed by atoms with E-state index in [1.807, 2.05) is 48.4 Å². The van der Waals surface area contributed by atoms with Crippen molar-refractivity contribution in [3.8, 4) is 0 Å². The van der Waals surface area contributed by atoms with Crippen molar-refractivity contribution >= 4 is 17.6 Å². The predicted octanol–water partition coefficient (Wildman–Crippen LogP) is 2.43. The quantitative estimate of drug-likeness (QED) is 0.586. The molecule has 1 aromatic heterocycles. The van der Waals surface area contributed by atoms with Crippen LogP contribution in [0.15, 0.2) is 41.7 Å². The second-order valence-electron chi connectivity index (χ2n) is 6.13. The number of aryl methyl sites for hydroxylation is 1. The van der Waals surface area contributed by atoms with Crippen molar-refractivity contribution in [2.24, 2.45) is 12.0 Å². The molecule has 0 aliphatic rings. The number of rotatable bonds is 7. The maximum Gasteiger partial charge on any atom is 0.191 e. The first kappa shape index (κ1) is 19.3. The highest BCUT2D eigenvalue weighted by atomic mass is 35.5. The molecule has 136 valence electrons. The summed E-state index contributed by atoms with van der Waals surface area (Å²) >= 11 is 5.93. The fraction of sp³-hybridized carbons (Fsp3) is 0.444. The fourth-order valence-electron chi connectivity index (χ4n) is 2.51. The molecule has 0 bridgehead atoms. The van der Waals surface area contributed by atoms with E-state index >= 15 is 0 Å². The van der Waals surface area contributed by atoms with Crippen molar-refractivity contribution in [2.45, 2.75) is 19.5 Å². The van der Waals surface area contributed by atoms with E-state index < -0.39 is 0 Å². The van der Waals surface area contributed by atoms with Crippen molar-refractivity contribution in [3.05, 3.63) is 52.8 Å². The second-order valence-corrected chi connectivity index (χ2v) is 6.57. The Labute approximate surface area is 154 Å². The van der Waals surface area contributed by atoms with Crippen molar-refractivity contribution in [1.29, 1.82) is 0 Å². The molecule has 0 aliphatic carbocycles. The van der Waals surface area contributed by atoms with Gasteiger partial charge in [0.1, 0.15) is 0 Å². The van der Waals surface area contributed by atoms with Gasteiger partial charge in [0, 0.05) is 36.9 Å². The van der Waals surface area contributed by atoms with Gasteiger partial charge in [-0.3, -0.25) is 4.68 Å². The standard InChI is InChI=1S/C18H27ClN6/c1-5-20-18(21-10-14-6-8-16(19)9-7-14)22-12-17(24(2)3)15-11-23-25(4)13-15/h6-9,11,13,17H,5,10,12H2,1-4H3,(H2,20,21,22). The third kappa shape index (κ3) is 6.07. The Bertz CT molecular complexity index is 677. The Morgan fingerprint density at radius 1 is 1.28 bits per heavy atom. The van der Waals surface area contributed by atoms with Gasteiger partial charge in [-0.25, -0.2) is 4.99 Å². The van der Waals surface area contributed by atoms with Crippen LogP contribution in [0.2, 0.25) is 5.02 Å². The minimum atomic E-state index is 0.216. The number of benzene rings is 1. The molecule has 0 saturated carbocycles. The van der Waals surface area contributed by atoms with E-state index in [9.17, 15) is 0 Å². The number of hydrogen-bond acceptors (Lipinski definition) is 3. The molecule has 2 aromatic rings. The number of halogens is 1. The molecule has 2 rings (SSSR count). The number of hydrogen-bond donors (Lipinski definition) is 2. The molecule has 6 nitrogen and oxygen atoms in total. The molecule has 0 radical (unpaired) electrons. The number of nitrogens with one attached hydrogen (secondary N) is 2. The zero-order chi connectivity index (χ0) is 18.2. The Hall–Kier alpha value is -2.05. The van der Waals surface area contributed by atoms with Gasteiger partial charge in [-0.2, -0.15) is 5.10 Å². The Morgan fingerprint density at radius 2 is 2.00 bits per heavy atom. The molecule has 25 heavy (non-hydrogen) atoms. The van der Waals surface area contributed by atoms with Crippen LogP contribution < -0.4 is 10.6 Å². The first-order valence-electron chi connectivity index (χ1n) is 8.41. The molecule has 1 unspecified atom stereocenters. The van der Waals surface area contributed by atoms with Gasteiger partial charge in [0.05, 0.1) is 18.8 Å². The topological polar surface area (TPSA) is 57.5 Å². The first-order chi connectivity index (χ1) is 12.0. The van der Waals surface area contributed by atoms with Crippen LogP contribution in [0.1, 0.15) is 24.1 Å². The van der Waals surface area contributed by atoms with Crippen LogP contribution in [-0.4, -0.2) is 47.8 Å². The van der Waals surface area contributed by atoms with Crippen molar-refractivity contribution in [2.75, 3.05) is 27.2 Å². The highest BCUT2D eigenvalue weighted by Crippen LogP contribution is 2.16. The molecular formula is C18H27ClN6. The predicted molar refractivity (Wildman–Crippen MR) is 104 cm³/mol. The van der Waals surface area contributed by atoms with Gasteiger partial charge in [-0.05, 0) is 38.7 Å². The Morgan fingerprint density at radius 3 is 2.56 bits per heavy atom. The summed E-state index contributed by atoms with van der Waals surface area (Å²) in [6.07, 6.45) is 3.95. The average Bonchev–Trinajstić information content (AvgIpc) is 3.00. The van der Waals surface area contributed by atoms with Crippen molar-refractivity contribution < 1.29 is 0 Å². The first-order valence-corrected chi connectivity index (χ1v) is 8.79. The van der Waals surface area contributed by atoms with Crippen LogP contribution in [0.25, 0.3) is 0 Å². The van der Waals surface area contributed by atoms with Crippen LogP contribution in [0.4, 0.5) is 0 Å². The lowest BCUT2D eigenvalue weighted by Crippen LogP contribution is -2.41. The monoisotopic (exact) mass is 362 g/mol. The maximum absolute atomic E-state index is 5.93. The summed E-state index contributed by atoms with van der Waals surface area (Å²) in [6.45, 7) is 4.22. The lowest BCUT2D eigenvalue weighted by molar-refractivity contribution is 0.298. The minimum absolute atomic E-state index is 0.216. The van der Waals surface area contributed by atoms with Crippen LogP contribution in [0, 0.1) is 0 Å². The minimum Gasteiger partial charge on any atom is -0.357 e. The van der Waals surface area contributed by atoms with Crippen LogP contribution >= 0.6 is 11.6 Å². The summed E-state index contributed by atoms with van der Waals surface area (Å²) in [6, 6.07) is 7.98. The largest absolute Gasteiger partial charge is 0.357 e. The van der Waals surface area contributed by atoms with E-state index in [0.717, 1.165) is 29.6 Å². The third-order valence-electron chi connectivity index (χ3n) is 3.87. The zero-order valence-corrected chi connectivity index (χ0v) is 16.1. The van der Waals surface area contributed by atoms with E-state index in [2.05, 4.69) is 46.6 Å². The Kier molecular flexibility index (Phi) is 7.28. The van der Waals surface area contributed by atoms with Crippen LogP contribution in [-0.2, 0) is 13.6 Å². The highest BCUT2D eigenvalue weighted by Gasteiger charge is 2.16. The molecule has 2 N–H and O–H groups in total. The summed E-state index contributed by atoms with van der Waals surface area (Å²) < 4.78 is 1.83. The lowest BCUT2D eigenvalue weighted by Gasteiger charge is -2.24. The fourth-order valence-corrected chi connectivity index (χ4v) is 2.63. The Balaban J connectivity index is 2.01. The third-order valence-corrected chi connectivity index (χ3v) is 4.13. The number of guanidine groups is 1. The molecule has 1 atom stereocenters. The van der Waals surface area contributed by atoms with Crippen molar-refractivity contribution in [3.63, 3.8) is 0 Å². The molecule has 0 saturated heterocycles. The summed E-state index contributed by atoms with van der Waals surface area (Å²) in [5, 5.41) is 11.7. The molecule has 0 aliphatic heterocycles. The summed E-state index contributed by atoms with van der Waals surface area (Å²) in [7, 11) is 6.07. The number of aromatic nitrogens is 2. The van der Waals surface area contributed by atoms with Gasteiger partial charge in [-0.1, -0.05) is 23.7 Å². The molecule has 1 heterocycles. The van der Waals surface area contributed by atoms with E-state index in [1.165, 1.54) is 5.56 Å². The highest BCUT2D eigenvalue weighted by molar-refractivity contribution is 6.30. The molecule has 0 fully saturated rings. The molecule has 0 amide bonds. The van der Waals surface area contributed by atoms with Gasteiger partial charge < -0.3 is 15.5 Å². The summed E-state index contributed by atoms with van der Waals surface area (Å²) in [5.41, 5.74) is 2.30. The SMILES string of the molecule is CCNC(=NCc1ccc(Cl)cc1)NCC(c1cnn(C)c1)N(C)C. The van der Waals surface area contributed by atoms with Gasteiger partial charge in [0.25, 0.3) is 0 Å². The summed E-state index contributed by atoms with van der Waals surface area (Å²) in [4.78, 5) is 6.83. The van der Waals surface area contributed by atoms with Gasteiger partial charge in [0.2, 0.25) is 0 Å². The number of aliphatic imine (C=N–C) groups is 1. The smallest absolute Gasteiger partial charge is 0.191 e. The van der Waals surface area contributed by atoms with Gasteiger partial charge in [0.15, 0.2) is 5.96 Å². The lowest BCUT2D eigenvalue weighted by atomic mass is 10.1. The second kappa shape index (κ2) is 9.44. The van der Waals surface area contributed by atoms with E-state index in [-0.39, 0.29) is 6.04 Å². The average molecular weight is 363 g/mol. The summed E-state index contributed by atoms with van der Waals surface area (Å²) in [5.74, 6) is 0.799.